The summed E-state index contributed by atoms with van der Waals surface area (Å²) >= 11 is 0.961. The normalized spacial score (nSPS) is 24.8. The minimum Gasteiger partial charge on any atom is -0.485 e. The number of carboxylic acids is 1. The fraction of sp³-hybridized carbons (Fsp3) is 0.481. The van der Waals surface area contributed by atoms with Crippen LogP contribution < -0.4 is 26.8 Å². The lowest BCUT2D eigenvalue weighted by atomic mass is 9.84. The molecular formula is C27H34N8O10S2. The summed E-state index contributed by atoms with van der Waals surface area (Å²) in [7, 11) is -5.03. The highest BCUT2D eigenvalue weighted by Gasteiger charge is 2.58. The second-order valence-corrected chi connectivity index (χ2v) is 14.0. The molecule has 1 aliphatic carbocycles. The number of hydrogen-bond acceptors (Lipinski definition) is 14. The highest BCUT2D eigenvalue weighted by Crippen LogP contribution is 2.35. The Labute approximate surface area is 272 Å². The molecule has 2 aliphatic heterocycles. The maximum Gasteiger partial charge on any atom is 0.418 e. The standard InChI is InChI=1S/C27H34N8O10S2/c1-26(2)20(23(37)35(26)45-47(40,41)42)33-22(36)19(16-11-46-25(30)32-16)34-44-27(3,24(38)39)18-7-5-12-8-13(4-6-17(12)43-18)21(29)31-15-9-14(28)10-15/h4,6,8,11,14-15,18,20H,5,7,9-10,28H2,1-3H3,(H2,29,31)(H2,30,32)(H,33,36)(H,38,39)(H,40,41,42)/b34-19-/t14?,15?,18-,20-,27+/m1/s1. The molecule has 3 heterocycles. The molecule has 0 spiro atoms. The van der Waals surface area contributed by atoms with Crippen molar-refractivity contribution >= 4 is 56.2 Å². The van der Waals surface area contributed by atoms with Crippen LogP contribution in [0.5, 0.6) is 5.75 Å². The van der Waals surface area contributed by atoms with Gasteiger partial charge in [0.1, 0.15) is 23.3 Å². The van der Waals surface area contributed by atoms with E-state index in [4.69, 9.17) is 31.0 Å². The number of β-lactam (4-membered cyclic amide) rings is 1. The quantitative estimate of drug-likeness (QED) is 0.0533. The number of amides is 2. The zero-order valence-corrected chi connectivity index (χ0v) is 27.1. The molecule has 0 radical (unpaired) electrons. The smallest absolute Gasteiger partial charge is 0.418 e. The molecule has 0 bridgehead atoms. The summed E-state index contributed by atoms with van der Waals surface area (Å²) in [5.41, 5.74) is 8.82. The van der Waals surface area contributed by atoms with Gasteiger partial charge >= 0.3 is 16.4 Å². The topological polar surface area (TPSA) is 282 Å². The molecule has 1 saturated carbocycles. The lowest BCUT2D eigenvalue weighted by Crippen LogP contribution is -2.76. The first kappa shape index (κ1) is 34.0. The number of nitrogen functional groups attached to an aromatic ring is 1. The predicted octanol–water partition coefficient (Wildman–Crippen LogP) is -0.0722. The highest BCUT2D eigenvalue weighted by molar-refractivity contribution is 7.80. The maximum atomic E-state index is 13.4. The van der Waals surface area contributed by atoms with Gasteiger partial charge in [0, 0.05) is 23.0 Å². The van der Waals surface area contributed by atoms with Gasteiger partial charge in [0.2, 0.25) is 0 Å². The number of oxime groups is 1. The number of benzene rings is 1. The van der Waals surface area contributed by atoms with E-state index in [0.717, 1.165) is 29.7 Å². The number of nitrogens with zero attached hydrogens (tertiary/aromatic N) is 3. The predicted molar refractivity (Wildman–Crippen MR) is 166 cm³/mol. The number of ether oxygens (including phenoxy) is 1. The summed E-state index contributed by atoms with van der Waals surface area (Å²) in [4.78, 5) is 48.2. The summed E-state index contributed by atoms with van der Waals surface area (Å²) in [6.45, 7) is 3.97. The van der Waals surface area contributed by atoms with Crippen molar-refractivity contribution in [2.24, 2.45) is 10.9 Å². The number of carbonyl (C=O) groups excluding carboxylic acids is 2. The van der Waals surface area contributed by atoms with Gasteiger partial charge in [0.15, 0.2) is 16.9 Å². The summed E-state index contributed by atoms with van der Waals surface area (Å²) in [5, 5.41) is 29.9. The number of nitrogens with two attached hydrogens (primary N) is 2. The zero-order chi connectivity index (χ0) is 34.5. The number of nitrogens with one attached hydrogen (secondary N) is 3. The van der Waals surface area contributed by atoms with Crippen LogP contribution in [-0.4, -0.2) is 92.8 Å². The van der Waals surface area contributed by atoms with Gasteiger partial charge in [-0.2, -0.15) is 13.5 Å². The molecule has 1 aromatic carbocycles. The first-order chi connectivity index (χ1) is 21.9. The van der Waals surface area contributed by atoms with E-state index in [-0.39, 0.29) is 35.2 Å². The number of hydroxylamine groups is 2. The van der Waals surface area contributed by atoms with Gasteiger partial charge in [0.25, 0.3) is 17.4 Å². The number of aliphatic carboxylic acids is 1. The van der Waals surface area contributed by atoms with E-state index in [1.54, 1.807) is 18.2 Å². The van der Waals surface area contributed by atoms with Gasteiger partial charge in [-0.1, -0.05) is 5.16 Å². The van der Waals surface area contributed by atoms with E-state index in [0.29, 0.717) is 22.8 Å². The van der Waals surface area contributed by atoms with Crippen molar-refractivity contribution in [3.8, 4) is 5.75 Å². The minimum absolute atomic E-state index is 0.0559. The first-order valence-electron chi connectivity index (χ1n) is 14.3. The van der Waals surface area contributed by atoms with Gasteiger partial charge in [-0.15, -0.1) is 15.6 Å². The number of carboxylic acid groups (broad SMARTS) is 1. The third-order valence-electron chi connectivity index (χ3n) is 8.28. The van der Waals surface area contributed by atoms with Gasteiger partial charge in [-0.05, 0) is 70.2 Å². The Hall–Kier alpha value is -4.37. The molecule has 9 N–H and O–H groups in total. The Morgan fingerprint density at radius 3 is 2.57 bits per heavy atom. The molecule has 18 nitrogen and oxygen atoms in total. The Kier molecular flexibility index (Phi) is 8.92. The van der Waals surface area contributed by atoms with Crippen molar-refractivity contribution in [2.75, 3.05) is 5.73 Å². The van der Waals surface area contributed by atoms with Crippen LogP contribution in [0.25, 0.3) is 0 Å². The molecule has 2 amide bonds. The number of thiazole rings is 1. The van der Waals surface area contributed by atoms with Crippen LogP contribution in [0.1, 0.15) is 56.9 Å². The summed E-state index contributed by atoms with van der Waals surface area (Å²) in [6.07, 6.45) is 1.08. The third kappa shape index (κ3) is 6.86. The monoisotopic (exact) mass is 694 g/mol. The molecule has 3 atom stereocenters. The van der Waals surface area contributed by atoms with Crippen LogP contribution in [0.3, 0.4) is 0 Å². The Morgan fingerprint density at radius 2 is 2.00 bits per heavy atom. The van der Waals surface area contributed by atoms with Crippen LogP contribution >= 0.6 is 11.3 Å². The van der Waals surface area contributed by atoms with E-state index in [1.165, 1.54) is 26.2 Å². The van der Waals surface area contributed by atoms with Crippen LogP contribution in [0, 0.1) is 5.41 Å². The first-order valence-corrected chi connectivity index (χ1v) is 16.6. The molecule has 3 aliphatic rings. The number of amidine groups is 1. The van der Waals surface area contributed by atoms with Crippen molar-refractivity contribution < 1.29 is 46.3 Å². The second kappa shape index (κ2) is 12.3. The van der Waals surface area contributed by atoms with E-state index >= 15 is 0 Å². The van der Waals surface area contributed by atoms with Crippen molar-refractivity contribution in [1.29, 1.82) is 5.41 Å². The zero-order valence-electron chi connectivity index (χ0n) is 25.4. The van der Waals surface area contributed by atoms with Crippen LogP contribution in [-0.2, 0) is 40.3 Å². The Bertz CT molecular complexity index is 1760. The van der Waals surface area contributed by atoms with E-state index in [9.17, 15) is 27.9 Å². The average molecular weight is 695 g/mol. The largest absolute Gasteiger partial charge is 0.485 e. The maximum absolute atomic E-state index is 13.4. The van der Waals surface area contributed by atoms with Crippen LogP contribution in [0.4, 0.5) is 5.13 Å². The molecule has 0 unspecified atom stereocenters. The highest BCUT2D eigenvalue weighted by atomic mass is 32.3. The number of hydrogen-bond donors (Lipinski definition) is 7. The minimum atomic E-state index is -5.03. The van der Waals surface area contributed by atoms with Crippen molar-refractivity contribution in [3.05, 3.63) is 40.4 Å². The second-order valence-electron chi connectivity index (χ2n) is 12.1. The molecule has 5 rings (SSSR count). The van der Waals surface area contributed by atoms with Crippen LogP contribution in [0.15, 0.2) is 28.7 Å². The van der Waals surface area contributed by atoms with E-state index in [1.807, 2.05) is 0 Å². The van der Waals surface area contributed by atoms with Gasteiger partial charge in [-0.25, -0.2) is 9.78 Å². The Morgan fingerprint density at radius 1 is 1.30 bits per heavy atom. The molecule has 254 valence electrons. The lowest BCUT2D eigenvalue weighted by Gasteiger charge is -2.50. The molecule has 20 heteroatoms. The summed E-state index contributed by atoms with van der Waals surface area (Å²) < 4.78 is 41.6. The average Bonchev–Trinajstić information content (AvgIpc) is 3.42. The van der Waals surface area contributed by atoms with Crippen LogP contribution in [0.2, 0.25) is 0 Å². The van der Waals surface area contributed by atoms with Gasteiger partial charge in [0.05, 0.1) is 5.54 Å². The number of anilines is 1. The number of carbonyl (C=O) groups is 3. The van der Waals surface area contributed by atoms with Gasteiger partial charge in [-0.3, -0.25) is 19.6 Å². The fourth-order valence-electron chi connectivity index (χ4n) is 5.40. The van der Waals surface area contributed by atoms with E-state index < -0.39 is 57.2 Å². The number of aryl methyl sites for hydroxylation is 1. The van der Waals surface area contributed by atoms with Crippen molar-refractivity contribution in [3.63, 3.8) is 0 Å². The number of fused-ring (bicyclic) bond motifs is 1. The molecule has 1 saturated heterocycles. The number of aromatic nitrogens is 1. The van der Waals surface area contributed by atoms with Crippen molar-refractivity contribution in [2.45, 2.75) is 81.8 Å². The molecule has 2 fully saturated rings. The molecule has 2 aromatic rings. The van der Waals surface area contributed by atoms with E-state index in [2.05, 4.69) is 25.1 Å². The molecule has 1 aromatic heterocycles. The molecular weight excluding hydrogens is 660 g/mol. The molecule has 47 heavy (non-hydrogen) atoms. The summed E-state index contributed by atoms with van der Waals surface area (Å²) in [6, 6.07) is 4.08. The lowest BCUT2D eigenvalue weighted by molar-refractivity contribution is -0.218. The number of rotatable bonds is 11. The van der Waals surface area contributed by atoms with Gasteiger partial charge < -0.3 is 36.8 Å². The summed E-state index contributed by atoms with van der Waals surface area (Å²) in [5.74, 6) is -2.81. The SMILES string of the molecule is CC1(C)[C@H](NC(=O)/C(=N\O[C@](C)(C(=O)O)[C@H]2CCc3cc(C(=N)NC4CC(N)C4)ccc3O2)c2csc(N)n2)C(=O)N1OS(=O)(=O)O. The van der Waals surface area contributed by atoms with Crippen molar-refractivity contribution in [1.82, 2.24) is 20.7 Å². The fourth-order valence-corrected chi connectivity index (χ4v) is 6.40. The third-order valence-corrected chi connectivity index (χ3v) is 9.30. The Balaban J connectivity index is 1.33.